The fourth-order valence-electron chi connectivity index (χ4n) is 2.70. The molecule has 0 fully saturated rings. The smallest absolute Gasteiger partial charge is 0.229 e. The molecule has 0 aliphatic heterocycles. The van der Waals surface area contributed by atoms with Gasteiger partial charge >= 0.3 is 0 Å². The van der Waals surface area contributed by atoms with E-state index in [9.17, 15) is 4.79 Å². The van der Waals surface area contributed by atoms with Crippen molar-refractivity contribution in [3.8, 4) is 5.75 Å². The van der Waals surface area contributed by atoms with E-state index in [1.54, 1.807) is 25.3 Å². The summed E-state index contributed by atoms with van der Waals surface area (Å²) in [4.78, 5) is 20.5. The van der Waals surface area contributed by atoms with Gasteiger partial charge in [-0.1, -0.05) is 23.7 Å². The lowest BCUT2D eigenvalue weighted by Gasteiger charge is -2.14. The Morgan fingerprint density at radius 1 is 1.07 bits per heavy atom. The first-order chi connectivity index (χ1) is 13.4. The first kappa shape index (κ1) is 19.6. The highest BCUT2D eigenvalue weighted by molar-refractivity contribution is 6.31. The summed E-state index contributed by atoms with van der Waals surface area (Å²) in [5.74, 6) is 1.64. The number of nitrogens with zero attached hydrogens (tertiary/aromatic N) is 2. The van der Waals surface area contributed by atoms with Gasteiger partial charge in [-0.25, -0.2) is 4.98 Å². The molecule has 0 bridgehead atoms. The lowest BCUT2D eigenvalue weighted by molar-refractivity contribution is 0.101. The molecule has 7 heteroatoms. The standard InChI is InChI=1S/C21H21ClN4O2/c1-12-8-18(19(28-4)11-17(12)22)25-21-23-13(2)9-20(26-21)24-16-7-5-6-15(10-16)14(3)27/h5-11H,1-4H3,(H2,23,24,25,26). The van der Waals surface area contributed by atoms with Crippen molar-refractivity contribution >= 4 is 40.5 Å². The maximum atomic E-state index is 11.6. The average Bonchev–Trinajstić information content (AvgIpc) is 2.64. The van der Waals surface area contributed by atoms with E-state index in [-0.39, 0.29) is 5.78 Å². The fraction of sp³-hybridized carbons (Fsp3) is 0.190. The number of halogens is 1. The number of Topliss-reactive ketones (excluding diaryl/α,β-unsaturated/α-hetero) is 1. The number of nitrogens with one attached hydrogen (secondary N) is 2. The lowest BCUT2D eigenvalue weighted by Crippen LogP contribution is -2.04. The van der Waals surface area contributed by atoms with Crippen molar-refractivity contribution in [1.29, 1.82) is 0 Å². The van der Waals surface area contributed by atoms with E-state index in [0.29, 0.717) is 28.1 Å². The van der Waals surface area contributed by atoms with Crippen molar-refractivity contribution < 1.29 is 9.53 Å². The topological polar surface area (TPSA) is 76.1 Å². The first-order valence-electron chi connectivity index (χ1n) is 8.70. The minimum absolute atomic E-state index is 0.00933. The first-order valence-corrected chi connectivity index (χ1v) is 9.08. The second kappa shape index (κ2) is 8.27. The molecule has 0 aliphatic carbocycles. The maximum absolute atomic E-state index is 11.6. The highest BCUT2D eigenvalue weighted by atomic mass is 35.5. The highest BCUT2D eigenvalue weighted by Crippen LogP contribution is 2.32. The third kappa shape index (κ3) is 4.58. The molecule has 0 saturated heterocycles. The second-order valence-electron chi connectivity index (χ2n) is 6.41. The van der Waals surface area contributed by atoms with Gasteiger partial charge in [0.2, 0.25) is 5.95 Å². The number of aromatic nitrogens is 2. The molecule has 0 amide bonds. The number of carbonyl (C=O) groups excluding carboxylic acids is 1. The summed E-state index contributed by atoms with van der Waals surface area (Å²) in [5, 5.41) is 7.03. The van der Waals surface area contributed by atoms with E-state index in [0.717, 1.165) is 22.6 Å². The zero-order valence-electron chi connectivity index (χ0n) is 16.1. The Balaban J connectivity index is 1.89. The number of methoxy groups -OCH3 is 1. The molecule has 6 nitrogen and oxygen atoms in total. The minimum Gasteiger partial charge on any atom is -0.495 e. The number of benzene rings is 2. The zero-order valence-corrected chi connectivity index (χ0v) is 16.9. The summed E-state index contributed by atoms with van der Waals surface area (Å²) in [6.07, 6.45) is 0. The monoisotopic (exact) mass is 396 g/mol. The number of hydrogen-bond acceptors (Lipinski definition) is 6. The molecular weight excluding hydrogens is 376 g/mol. The van der Waals surface area contributed by atoms with Gasteiger partial charge in [0.05, 0.1) is 12.8 Å². The van der Waals surface area contributed by atoms with Crippen LogP contribution in [0.2, 0.25) is 5.02 Å². The van der Waals surface area contributed by atoms with Crippen LogP contribution in [0.1, 0.15) is 28.5 Å². The summed E-state index contributed by atoms with van der Waals surface area (Å²) < 4.78 is 5.40. The largest absolute Gasteiger partial charge is 0.495 e. The van der Waals surface area contributed by atoms with Gasteiger partial charge in [0.15, 0.2) is 5.78 Å². The molecule has 28 heavy (non-hydrogen) atoms. The van der Waals surface area contributed by atoms with Crippen LogP contribution >= 0.6 is 11.6 Å². The number of ketones is 1. The molecule has 0 radical (unpaired) electrons. The van der Waals surface area contributed by atoms with Gasteiger partial charge in [-0.15, -0.1) is 0 Å². The van der Waals surface area contributed by atoms with Crippen LogP contribution in [0.25, 0.3) is 0 Å². The number of rotatable bonds is 6. The second-order valence-corrected chi connectivity index (χ2v) is 6.81. The molecule has 2 N–H and O–H groups in total. The van der Waals surface area contributed by atoms with Gasteiger partial charge in [0.1, 0.15) is 11.6 Å². The summed E-state index contributed by atoms with van der Waals surface area (Å²) >= 11 is 6.17. The van der Waals surface area contributed by atoms with Crippen LogP contribution in [0, 0.1) is 13.8 Å². The Kier molecular flexibility index (Phi) is 5.80. The fourth-order valence-corrected chi connectivity index (χ4v) is 2.86. The van der Waals surface area contributed by atoms with Crippen LogP contribution in [0.5, 0.6) is 5.75 Å². The van der Waals surface area contributed by atoms with Crippen LogP contribution in [-0.4, -0.2) is 22.9 Å². The Morgan fingerprint density at radius 3 is 2.57 bits per heavy atom. The van der Waals surface area contributed by atoms with Gasteiger partial charge in [-0.2, -0.15) is 4.98 Å². The van der Waals surface area contributed by atoms with Crippen LogP contribution in [0.15, 0.2) is 42.5 Å². The molecule has 0 aliphatic rings. The highest BCUT2D eigenvalue weighted by Gasteiger charge is 2.10. The minimum atomic E-state index is 0.00933. The van der Waals surface area contributed by atoms with Crippen LogP contribution < -0.4 is 15.4 Å². The molecule has 1 aromatic heterocycles. The quantitative estimate of drug-likeness (QED) is 0.540. The van der Waals surface area contributed by atoms with Crippen LogP contribution in [0.3, 0.4) is 0 Å². The number of carbonyl (C=O) groups is 1. The summed E-state index contributed by atoms with van der Waals surface area (Å²) in [6.45, 7) is 5.34. The molecule has 3 aromatic rings. The van der Waals surface area contributed by atoms with Gasteiger partial charge in [-0.05, 0) is 44.5 Å². The maximum Gasteiger partial charge on any atom is 0.229 e. The predicted octanol–water partition coefficient (Wildman–Crippen LogP) is 5.45. The van der Waals surface area contributed by atoms with E-state index >= 15 is 0 Å². The predicted molar refractivity (Wildman–Crippen MR) is 113 cm³/mol. The van der Waals surface area contributed by atoms with Crippen LogP contribution in [-0.2, 0) is 0 Å². The van der Waals surface area contributed by atoms with Crippen molar-refractivity contribution in [1.82, 2.24) is 9.97 Å². The summed E-state index contributed by atoms with van der Waals surface area (Å²) in [7, 11) is 1.58. The van der Waals surface area contributed by atoms with Gasteiger partial charge < -0.3 is 15.4 Å². The number of hydrogen-bond donors (Lipinski definition) is 2. The van der Waals surface area contributed by atoms with Crippen molar-refractivity contribution in [2.24, 2.45) is 0 Å². The Labute approximate surface area is 168 Å². The molecule has 0 spiro atoms. The number of aryl methyl sites for hydroxylation is 2. The molecule has 144 valence electrons. The third-order valence-electron chi connectivity index (χ3n) is 4.12. The number of anilines is 4. The summed E-state index contributed by atoms with van der Waals surface area (Å²) in [6, 6.07) is 12.7. The molecule has 3 rings (SSSR count). The third-order valence-corrected chi connectivity index (χ3v) is 4.53. The van der Waals surface area contributed by atoms with E-state index in [1.807, 2.05) is 38.1 Å². The Bertz CT molecular complexity index is 1040. The van der Waals surface area contributed by atoms with Crippen molar-refractivity contribution in [2.75, 3.05) is 17.7 Å². The van der Waals surface area contributed by atoms with Crippen molar-refractivity contribution in [2.45, 2.75) is 20.8 Å². The zero-order chi connectivity index (χ0) is 20.3. The summed E-state index contributed by atoms with van der Waals surface area (Å²) in [5.41, 5.74) is 3.83. The van der Waals surface area contributed by atoms with Crippen molar-refractivity contribution in [3.63, 3.8) is 0 Å². The molecule has 1 heterocycles. The van der Waals surface area contributed by atoms with E-state index in [4.69, 9.17) is 16.3 Å². The van der Waals surface area contributed by atoms with E-state index in [2.05, 4.69) is 20.6 Å². The van der Waals surface area contributed by atoms with E-state index in [1.165, 1.54) is 6.92 Å². The van der Waals surface area contributed by atoms with Crippen LogP contribution in [0.4, 0.5) is 23.1 Å². The number of ether oxygens (including phenoxy) is 1. The van der Waals surface area contributed by atoms with Gasteiger partial charge in [0.25, 0.3) is 0 Å². The SMILES string of the molecule is COc1cc(Cl)c(C)cc1Nc1nc(C)cc(Nc2cccc(C(C)=O)c2)n1. The molecule has 2 aromatic carbocycles. The molecular formula is C21H21ClN4O2. The van der Waals surface area contributed by atoms with Gasteiger partial charge in [0, 0.05) is 34.1 Å². The Hall–Kier alpha value is -3.12. The Morgan fingerprint density at radius 2 is 1.86 bits per heavy atom. The van der Waals surface area contributed by atoms with Crippen molar-refractivity contribution in [3.05, 3.63) is 64.3 Å². The van der Waals surface area contributed by atoms with Gasteiger partial charge in [-0.3, -0.25) is 4.79 Å². The van der Waals surface area contributed by atoms with E-state index < -0.39 is 0 Å². The average molecular weight is 397 g/mol. The lowest BCUT2D eigenvalue weighted by atomic mass is 10.1. The molecule has 0 saturated carbocycles. The normalized spacial score (nSPS) is 10.5. The molecule has 0 atom stereocenters. The molecule has 0 unspecified atom stereocenters.